The lowest BCUT2D eigenvalue weighted by atomic mass is 9.88. The van der Waals surface area contributed by atoms with Crippen LogP contribution in [-0.2, 0) is 4.74 Å². The standard InChI is InChI=1S/C16H23N5O2S/c1-10-5-3-4-6-12(10)23-8-7-17-15(22)13-11(2)20-16(24-13)14-18-9-19-21-14/h9-10,12H,3-8H2,1-2H3,(H,17,22)(H,18,19,21)/t10-,12-/m0/s1. The molecule has 0 aromatic carbocycles. The Labute approximate surface area is 145 Å². The van der Waals surface area contributed by atoms with E-state index in [9.17, 15) is 4.79 Å². The van der Waals surface area contributed by atoms with Crippen molar-refractivity contribution < 1.29 is 9.53 Å². The predicted octanol–water partition coefficient (Wildman–Crippen LogP) is 2.56. The number of rotatable bonds is 6. The van der Waals surface area contributed by atoms with Gasteiger partial charge in [-0.2, -0.15) is 5.10 Å². The van der Waals surface area contributed by atoms with Crippen molar-refractivity contribution in [3.63, 3.8) is 0 Å². The summed E-state index contributed by atoms with van der Waals surface area (Å²) < 4.78 is 5.93. The minimum Gasteiger partial charge on any atom is -0.376 e. The van der Waals surface area contributed by atoms with Crippen LogP contribution in [0.5, 0.6) is 0 Å². The highest BCUT2D eigenvalue weighted by molar-refractivity contribution is 7.17. The van der Waals surface area contributed by atoms with Crippen molar-refractivity contribution >= 4 is 17.2 Å². The van der Waals surface area contributed by atoms with E-state index in [0.29, 0.717) is 46.6 Å². The molecule has 1 saturated carbocycles. The van der Waals surface area contributed by atoms with Crippen molar-refractivity contribution in [2.24, 2.45) is 5.92 Å². The first-order valence-electron chi connectivity index (χ1n) is 8.38. The second-order valence-electron chi connectivity index (χ2n) is 6.19. The van der Waals surface area contributed by atoms with E-state index in [0.717, 1.165) is 6.42 Å². The summed E-state index contributed by atoms with van der Waals surface area (Å²) >= 11 is 1.31. The molecular formula is C16H23N5O2S. The smallest absolute Gasteiger partial charge is 0.263 e. The zero-order valence-electron chi connectivity index (χ0n) is 14.0. The normalized spacial score (nSPS) is 20.9. The minimum absolute atomic E-state index is 0.115. The second kappa shape index (κ2) is 7.85. The van der Waals surface area contributed by atoms with Crippen LogP contribution in [0.15, 0.2) is 6.33 Å². The fraction of sp³-hybridized carbons (Fsp3) is 0.625. The topological polar surface area (TPSA) is 92.8 Å². The summed E-state index contributed by atoms with van der Waals surface area (Å²) in [5, 5.41) is 10.1. The zero-order chi connectivity index (χ0) is 16.9. The first-order chi connectivity index (χ1) is 11.6. The van der Waals surface area contributed by atoms with E-state index in [4.69, 9.17) is 4.74 Å². The van der Waals surface area contributed by atoms with Gasteiger partial charge in [-0.3, -0.25) is 9.89 Å². The van der Waals surface area contributed by atoms with E-state index >= 15 is 0 Å². The number of carbonyl (C=O) groups excluding carboxylic acids is 1. The number of aromatic amines is 1. The molecule has 3 rings (SSSR count). The molecule has 0 radical (unpaired) electrons. The largest absolute Gasteiger partial charge is 0.376 e. The van der Waals surface area contributed by atoms with Gasteiger partial charge >= 0.3 is 0 Å². The highest BCUT2D eigenvalue weighted by Crippen LogP contribution is 2.26. The number of thiazole rings is 1. The lowest BCUT2D eigenvalue weighted by Gasteiger charge is -2.28. The number of H-pyrrole nitrogens is 1. The van der Waals surface area contributed by atoms with Crippen LogP contribution in [0.25, 0.3) is 10.8 Å². The molecule has 0 spiro atoms. The number of hydrogen-bond acceptors (Lipinski definition) is 6. The van der Waals surface area contributed by atoms with Crippen LogP contribution in [0.1, 0.15) is 48.0 Å². The van der Waals surface area contributed by atoms with Crippen LogP contribution < -0.4 is 5.32 Å². The monoisotopic (exact) mass is 349 g/mol. The molecule has 2 aromatic rings. The number of aromatic nitrogens is 4. The first-order valence-corrected chi connectivity index (χ1v) is 9.19. The molecule has 2 atom stereocenters. The third-order valence-electron chi connectivity index (χ3n) is 4.37. The van der Waals surface area contributed by atoms with Crippen molar-refractivity contribution in [1.82, 2.24) is 25.5 Å². The first kappa shape index (κ1) is 17.0. The molecule has 1 fully saturated rings. The second-order valence-corrected chi connectivity index (χ2v) is 7.19. The Hall–Kier alpha value is -1.80. The fourth-order valence-electron chi connectivity index (χ4n) is 3.00. The van der Waals surface area contributed by atoms with Crippen molar-refractivity contribution in [1.29, 1.82) is 0 Å². The van der Waals surface area contributed by atoms with Crippen molar-refractivity contribution in [3.05, 3.63) is 16.9 Å². The van der Waals surface area contributed by atoms with Crippen LogP contribution in [0.4, 0.5) is 0 Å². The van der Waals surface area contributed by atoms with E-state index in [1.807, 2.05) is 6.92 Å². The molecule has 1 amide bonds. The SMILES string of the molecule is Cc1nc(-c2ncn[nH]2)sc1C(=O)NCCO[C@H]1CCCC[C@@H]1C. The number of hydrogen-bond donors (Lipinski definition) is 2. The number of nitrogens with zero attached hydrogens (tertiary/aromatic N) is 3. The van der Waals surface area contributed by atoms with Gasteiger partial charge in [0.1, 0.15) is 11.2 Å². The Kier molecular flexibility index (Phi) is 5.57. The third kappa shape index (κ3) is 3.99. The molecule has 2 N–H and O–H groups in total. The highest BCUT2D eigenvalue weighted by atomic mass is 32.1. The van der Waals surface area contributed by atoms with E-state index in [2.05, 4.69) is 32.4 Å². The lowest BCUT2D eigenvalue weighted by Crippen LogP contribution is -2.31. The Morgan fingerprint density at radius 3 is 3.04 bits per heavy atom. The molecule has 8 heteroatoms. The summed E-state index contributed by atoms with van der Waals surface area (Å²) in [6, 6.07) is 0. The van der Waals surface area contributed by atoms with E-state index in [1.165, 1.54) is 36.9 Å². The molecule has 130 valence electrons. The lowest BCUT2D eigenvalue weighted by molar-refractivity contribution is -0.00293. The van der Waals surface area contributed by atoms with Crippen molar-refractivity contribution in [2.45, 2.75) is 45.6 Å². The van der Waals surface area contributed by atoms with Crippen LogP contribution in [0.3, 0.4) is 0 Å². The summed E-state index contributed by atoms with van der Waals surface area (Å²) in [6.45, 7) is 5.13. The average Bonchev–Trinajstić information content (AvgIpc) is 3.22. The Morgan fingerprint density at radius 2 is 2.29 bits per heavy atom. The molecule has 1 aliphatic rings. The molecule has 0 saturated heterocycles. The Bertz CT molecular complexity index is 670. The third-order valence-corrected chi connectivity index (χ3v) is 5.54. The number of aryl methyl sites for hydroxylation is 1. The zero-order valence-corrected chi connectivity index (χ0v) is 14.9. The van der Waals surface area contributed by atoms with Gasteiger partial charge in [0, 0.05) is 6.54 Å². The molecule has 2 heterocycles. The van der Waals surface area contributed by atoms with Crippen LogP contribution in [-0.4, -0.2) is 45.3 Å². The maximum atomic E-state index is 12.3. The highest BCUT2D eigenvalue weighted by Gasteiger charge is 2.22. The molecule has 0 bridgehead atoms. The maximum absolute atomic E-state index is 12.3. The molecule has 0 unspecified atom stereocenters. The van der Waals surface area contributed by atoms with Gasteiger partial charge in [0.25, 0.3) is 5.91 Å². The summed E-state index contributed by atoms with van der Waals surface area (Å²) in [6.07, 6.45) is 6.67. The quantitative estimate of drug-likeness (QED) is 0.782. The molecule has 24 heavy (non-hydrogen) atoms. The van der Waals surface area contributed by atoms with Gasteiger partial charge in [-0.1, -0.05) is 19.8 Å². The van der Waals surface area contributed by atoms with Gasteiger partial charge in [0.05, 0.1) is 18.4 Å². The fourth-order valence-corrected chi connectivity index (χ4v) is 3.93. The van der Waals surface area contributed by atoms with Gasteiger partial charge in [-0.25, -0.2) is 9.97 Å². The van der Waals surface area contributed by atoms with Gasteiger partial charge in [0.15, 0.2) is 10.8 Å². The van der Waals surface area contributed by atoms with Gasteiger partial charge in [0.2, 0.25) is 0 Å². The average molecular weight is 349 g/mol. The number of ether oxygens (including phenoxy) is 1. The summed E-state index contributed by atoms with van der Waals surface area (Å²) in [5.74, 6) is 1.08. The summed E-state index contributed by atoms with van der Waals surface area (Å²) in [4.78, 5) is 21.4. The summed E-state index contributed by atoms with van der Waals surface area (Å²) in [7, 11) is 0. The number of nitrogens with one attached hydrogen (secondary N) is 2. The minimum atomic E-state index is -0.115. The van der Waals surface area contributed by atoms with Crippen LogP contribution >= 0.6 is 11.3 Å². The van der Waals surface area contributed by atoms with E-state index in [1.54, 1.807) is 0 Å². The molecule has 1 aliphatic carbocycles. The maximum Gasteiger partial charge on any atom is 0.263 e. The van der Waals surface area contributed by atoms with Crippen LogP contribution in [0.2, 0.25) is 0 Å². The van der Waals surface area contributed by atoms with Crippen molar-refractivity contribution in [3.8, 4) is 10.8 Å². The molecule has 2 aromatic heterocycles. The van der Waals surface area contributed by atoms with E-state index < -0.39 is 0 Å². The van der Waals surface area contributed by atoms with Gasteiger partial charge in [-0.05, 0) is 25.7 Å². The van der Waals surface area contributed by atoms with Crippen molar-refractivity contribution in [2.75, 3.05) is 13.2 Å². The van der Waals surface area contributed by atoms with E-state index in [-0.39, 0.29) is 5.91 Å². The molecular weight excluding hydrogens is 326 g/mol. The number of amides is 1. The van der Waals surface area contributed by atoms with Gasteiger partial charge in [-0.15, -0.1) is 11.3 Å². The number of carbonyl (C=O) groups is 1. The molecule has 7 nitrogen and oxygen atoms in total. The summed E-state index contributed by atoms with van der Waals surface area (Å²) in [5.41, 5.74) is 0.700. The van der Waals surface area contributed by atoms with Gasteiger partial charge < -0.3 is 10.1 Å². The molecule has 0 aliphatic heterocycles. The predicted molar refractivity (Wildman–Crippen MR) is 91.9 cm³/mol. The Morgan fingerprint density at radius 1 is 1.46 bits per heavy atom. The van der Waals surface area contributed by atoms with Crippen LogP contribution in [0, 0.1) is 12.8 Å². The Balaban J connectivity index is 1.48.